The first kappa shape index (κ1) is 17.4. The molecule has 0 spiro atoms. The second kappa shape index (κ2) is 8.48. The van der Waals surface area contributed by atoms with Crippen LogP contribution in [0.4, 0.5) is 0 Å². The standard InChI is InChI=1S/C14H26O3Si/c1-8-12(16-14(15)11(6)7)18-17-13(9(2)3)10(4)5/h9-10,12-13H,6,8H2,1-5,7H3. The van der Waals surface area contributed by atoms with Crippen molar-refractivity contribution in [2.45, 2.75) is 59.8 Å². The van der Waals surface area contributed by atoms with Crippen molar-refractivity contribution in [3.8, 4) is 0 Å². The van der Waals surface area contributed by atoms with Crippen molar-refractivity contribution in [2.75, 3.05) is 0 Å². The molecule has 0 saturated heterocycles. The molecule has 0 aliphatic heterocycles. The summed E-state index contributed by atoms with van der Waals surface area (Å²) in [4.78, 5) is 11.5. The van der Waals surface area contributed by atoms with Crippen LogP contribution in [-0.4, -0.2) is 27.6 Å². The van der Waals surface area contributed by atoms with Crippen molar-refractivity contribution in [2.24, 2.45) is 11.8 Å². The Bertz CT molecular complexity index is 266. The zero-order chi connectivity index (χ0) is 14.3. The van der Waals surface area contributed by atoms with Crippen LogP contribution < -0.4 is 0 Å². The van der Waals surface area contributed by atoms with Crippen LogP contribution >= 0.6 is 0 Å². The number of carbonyl (C=O) groups excluding carboxylic acids is 1. The number of rotatable bonds is 8. The normalized spacial score (nSPS) is 13.2. The number of hydrogen-bond donors (Lipinski definition) is 0. The molecule has 0 aromatic carbocycles. The third-order valence-electron chi connectivity index (χ3n) is 2.62. The Hall–Kier alpha value is -0.613. The van der Waals surface area contributed by atoms with Gasteiger partial charge in [-0.3, -0.25) is 0 Å². The van der Waals surface area contributed by atoms with E-state index in [1.54, 1.807) is 6.92 Å². The summed E-state index contributed by atoms with van der Waals surface area (Å²) in [6, 6.07) is 0. The van der Waals surface area contributed by atoms with Crippen LogP contribution in [0.15, 0.2) is 12.2 Å². The lowest BCUT2D eigenvalue weighted by Crippen LogP contribution is -2.34. The molecule has 1 atom stereocenters. The molecule has 0 N–H and O–H groups in total. The summed E-state index contributed by atoms with van der Waals surface area (Å²) in [5, 5.41) is 0. The van der Waals surface area contributed by atoms with Gasteiger partial charge in [-0.2, -0.15) is 0 Å². The molecule has 18 heavy (non-hydrogen) atoms. The topological polar surface area (TPSA) is 35.5 Å². The van der Waals surface area contributed by atoms with Gasteiger partial charge in [-0.15, -0.1) is 0 Å². The fourth-order valence-corrected chi connectivity index (χ4v) is 2.79. The summed E-state index contributed by atoms with van der Waals surface area (Å²) in [5.41, 5.74) is 0.275. The summed E-state index contributed by atoms with van der Waals surface area (Å²) in [6.07, 6.45) is 0.973. The van der Waals surface area contributed by atoms with Gasteiger partial charge in [0.25, 0.3) is 9.76 Å². The summed E-state index contributed by atoms with van der Waals surface area (Å²) >= 11 is 0. The van der Waals surface area contributed by atoms with E-state index in [1.165, 1.54) is 0 Å². The number of esters is 1. The lowest BCUT2D eigenvalue weighted by molar-refractivity contribution is -0.141. The smallest absolute Gasteiger partial charge is 0.333 e. The fraction of sp³-hybridized carbons (Fsp3) is 0.786. The first-order valence-corrected chi connectivity index (χ1v) is 7.55. The Kier molecular flexibility index (Phi) is 8.19. The minimum absolute atomic E-state index is 0.158. The van der Waals surface area contributed by atoms with E-state index in [9.17, 15) is 4.79 Å². The molecule has 0 heterocycles. The molecule has 104 valence electrons. The SMILES string of the molecule is C=C(C)C(=O)OC(CC)[Si]OC(C(C)C)C(C)C. The predicted octanol–water partition coefficient (Wildman–Crippen LogP) is 3.16. The van der Waals surface area contributed by atoms with Gasteiger partial charge in [-0.25, -0.2) is 4.79 Å². The molecule has 0 aromatic rings. The van der Waals surface area contributed by atoms with E-state index in [1.807, 2.05) is 6.92 Å². The lowest BCUT2D eigenvalue weighted by Gasteiger charge is -2.27. The molecular weight excluding hydrogens is 244 g/mol. The second-order valence-electron chi connectivity index (χ2n) is 5.27. The highest BCUT2D eigenvalue weighted by molar-refractivity contribution is 6.29. The van der Waals surface area contributed by atoms with Gasteiger partial charge in [0.1, 0.15) is 5.73 Å². The minimum atomic E-state index is -0.330. The van der Waals surface area contributed by atoms with Crippen LogP contribution in [-0.2, 0) is 14.0 Å². The molecule has 2 radical (unpaired) electrons. The van der Waals surface area contributed by atoms with E-state index in [0.717, 1.165) is 6.42 Å². The average Bonchev–Trinajstić information content (AvgIpc) is 2.26. The van der Waals surface area contributed by atoms with Crippen molar-refractivity contribution < 1.29 is 14.0 Å². The van der Waals surface area contributed by atoms with Crippen molar-refractivity contribution in [1.82, 2.24) is 0 Å². The van der Waals surface area contributed by atoms with Gasteiger partial charge in [-0.05, 0) is 25.2 Å². The zero-order valence-electron chi connectivity index (χ0n) is 12.4. The highest BCUT2D eigenvalue weighted by Crippen LogP contribution is 2.16. The molecule has 0 rings (SSSR count). The molecule has 0 saturated carbocycles. The molecule has 0 bridgehead atoms. The molecule has 4 heteroatoms. The quantitative estimate of drug-likeness (QED) is 0.386. The van der Waals surface area contributed by atoms with E-state index >= 15 is 0 Å². The van der Waals surface area contributed by atoms with E-state index < -0.39 is 0 Å². The van der Waals surface area contributed by atoms with Crippen LogP contribution in [0.3, 0.4) is 0 Å². The van der Waals surface area contributed by atoms with Crippen LogP contribution in [0, 0.1) is 11.8 Å². The van der Waals surface area contributed by atoms with Crippen LogP contribution in [0.25, 0.3) is 0 Å². The Morgan fingerprint density at radius 3 is 2.06 bits per heavy atom. The summed E-state index contributed by atoms with van der Waals surface area (Å²) in [6.45, 7) is 15.8. The Labute approximate surface area is 114 Å². The summed E-state index contributed by atoms with van der Waals surface area (Å²) in [5.74, 6) is 0.599. The Balaban J connectivity index is 4.29. The van der Waals surface area contributed by atoms with Gasteiger partial charge in [-0.1, -0.05) is 41.2 Å². The van der Waals surface area contributed by atoms with E-state index in [2.05, 4.69) is 34.3 Å². The molecule has 0 amide bonds. The lowest BCUT2D eigenvalue weighted by atomic mass is 9.97. The highest BCUT2D eigenvalue weighted by Gasteiger charge is 2.22. The molecule has 0 aliphatic rings. The maximum absolute atomic E-state index is 11.5. The summed E-state index contributed by atoms with van der Waals surface area (Å²) in [7, 11) is 0.191. The second-order valence-corrected chi connectivity index (χ2v) is 6.39. The van der Waals surface area contributed by atoms with E-state index in [-0.39, 0.29) is 27.6 Å². The average molecular weight is 270 g/mol. The highest BCUT2D eigenvalue weighted by atomic mass is 28.2. The van der Waals surface area contributed by atoms with Gasteiger partial charge in [0.15, 0.2) is 0 Å². The van der Waals surface area contributed by atoms with Gasteiger partial charge in [0.2, 0.25) is 0 Å². The van der Waals surface area contributed by atoms with Crippen LogP contribution in [0.2, 0.25) is 0 Å². The maximum Gasteiger partial charge on any atom is 0.333 e. The molecule has 1 unspecified atom stereocenters. The fourth-order valence-electron chi connectivity index (χ4n) is 1.62. The van der Waals surface area contributed by atoms with Gasteiger partial charge < -0.3 is 9.16 Å². The molecule has 0 fully saturated rings. The maximum atomic E-state index is 11.5. The third kappa shape index (κ3) is 6.35. The van der Waals surface area contributed by atoms with Crippen LogP contribution in [0.5, 0.6) is 0 Å². The van der Waals surface area contributed by atoms with Gasteiger partial charge in [0, 0.05) is 11.7 Å². The number of ether oxygens (including phenoxy) is 1. The van der Waals surface area contributed by atoms with E-state index in [0.29, 0.717) is 17.4 Å². The van der Waals surface area contributed by atoms with Gasteiger partial charge >= 0.3 is 5.97 Å². The zero-order valence-corrected chi connectivity index (χ0v) is 13.4. The molecule has 0 aromatic heterocycles. The largest absolute Gasteiger partial charge is 0.460 e. The Morgan fingerprint density at radius 2 is 1.72 bits per heavy atom. The predicted molar refractivity (Wildman–Crippen MR) is 75.3 cm³/mol. The van der Waals surface area contributed by atoms with Crippen LogP contribution in [0.1, 0.15) is 48.0 Å². The molecule has 0 aliphatic carbocycles. The first-order chi connectivity index (χ1) is 8.29. The number of carbonyl (C=O) groups is 1. The first-order valence-electron chi connectivity index (χ1n) is 6.57. The van der Waals surface area contributed by atoms with Crippen molar-refractivity contribution >= 4 is 15.7 Å². The van der Waals surface area contributed by atoms with Crippen molar-refractivity contribution in [3.63, 3.8) is 0 Å². The number of hydrogen-bond acceptors (Lipinski definition) is 3. The minimum Gasteiger partial charge on any atom is -0.460 e. The van der Waals surface area contributed by atoms with E-state index in [4.69, 9.17) is 9.16 Å². The Morgan fingerprint density at radius 1 is 1.22 bits per heavy atom. The summed E-state index contributed by atoms with van der Waals surface area (Å²) < 4.78 is 11.2. The monoisotopic (exact) mass is 270 g/mol. The van der Waals surface area contributed by atoms with Crippen molar-refractivity contribution in [1.29, 1.82) is 0 Å². The van der Waals surface area contributed by atoms with Gasteiger partial charge in [0.05, 0.1) is 0 Å². The molecular formula is C14H26O3Si. The molecule has 3 nitrogen and oxygen atoms in total. The van der Waals surface area contributed by atoms with Crippen molar-refractivity contribution in [3.05, 3.63) is 12.2 Å². The third-order valence-corrected chi connectivity index (χ3v) is 3.82.